The van der Waals surface area contributed by atoms with E-state index >= 15 is 0 Å². The predicted octanol–water partition coefficient (Wildman–Crippen LogP) is 1.01. The van der Waals surface area contributed by atoms with E-state index in [0.29, 0.717) is 17.9 Å². The Morgan fingerprint density at radius 3 is 2.41 bits per heavy atom. The maximum Gasteiger partial charge on any atom is 0.245 e. The normalized spacial score (nSPS) is 32.3. The number of nitrogens with zero attached hydrogens (tertiary/aromatic N) is 1. The Labute approximate surface area is 103 Å². The lowest BCUT2D eigenvalue weighted by Gasteiger charge is -2.28. The number of carbonyl (C=O) groups excluding carboxylic acids is 2. The molecule has 0 bridgehead atoms. The van der Waals surface area contributed by atoms with Crippen LogP contribution in [-0.2, 0) is 9.59 Å². The minimum absolute atomic E-state index is 0.104. The van der Waals surface area contributed by atoms with Gasteiger partial charge in [0.15, 0.2) is 0 Å². The van der Waals surface area contributed by atoms with E-state index in [1.54, 1.807) is 0 Å². The fourth-order valence-corrected chi connectivity index (χ4v) is 3.08. The van der Waals surface area contributed by atoms with Gasteiger partial charge in [0.2, 0.25) is 11.8 Å². The molecular formula is C13H22N2O2. The summed E-state index contributed by atoms with van der Waals surface area (Å²) in [4.78, 5) is 25.6. The lowest BCUT2D eigenvalue weighted by molar-refractivity contribution is -0.137. The second-order valence-electron chi connectivity index (χ2n) is 5.76. The minimum atomic E-state index is -0.362. The molecule has 4 atom stereocenters. The van der Waals surface area contributed by atoms with Gasteiger partial charge in [-0.15, -0.1) is 0 Å². The summed E-state index contributed by atoms with van der Waals surface area (Å²) in [5.41, 5.74) is 0. The van der Waals surface area contributed by atoms with Crippen LogP contribution in [0.1, 0.15) is 34.1 Å². The highest BCUT2D eigenvalue weighted by Crippen LogP contribution is 2.50. The number of amides is 2. The lowest BCUT2D eigenvalue weighted by Crippen LogP contribution is -2.51. The van der Waals surface area contributed by atoms with Crippen molar-refractivity contribution < 1.29 is 9.59 Å². The molecule has 1 heterocycles. The van der Waals surface area contributed by atoms with Gasteiger partial charge in [-0.25, -0.2) is 0 Å². The Kier molecular flexibility index (Phi) is 3.15. The molecule has 1 aliphatic carbocycles. The predicted molar refractivity (Wildman–Crippen MR) is 65.2 cm³/mol. The average molecular weight is 238 g/mol. The third-order valence-electron chi connectivity index (χ3n) is 4.15. The largest absolute Gasteiger partial charge is 0.344 e. The molecule has 1 saturated carbocycles. The van der Waals surface area contributed by atoms with Crippen LogP contribution in [0, 0.1) is 17.8 Å². The number of fused-ring (bicyclic) bond motifs is 1. The van der Waals surface area contributed by atoms with E-state index in [4.69, 9.17) is 0 Å². The zero-order valence-corrected chi connectivity index (χ0v) is 11.1. The van der Waals surface area contributed by atoms with Gasteiger partial charge in [0.1, 0.15) is 6.04 Å². The van der Waals surface area contributed by atoms with Crippen LogP contribution in [0.15, 0.2) is 0 Å². The summed E-state index contributed by atoms with van der Waals surface area (Å²) < 4.78 is 0. The first kappa shape index (κ1) is 12.4. The number of hydrogen-bond acceptors (Lipinski definition) is 2. The van der Waals surface area contributed by atoms with Crippen LogP contribution in [0.2, 0.25) is 0 Å². The van der Waals surface area contributed by atoms with Gasteiger partial charge in [-0.2, -0.15) is 0 Å². The van der Waals surface area contributed by atoms with Crippen molar-refractivity contribution in [2.45, 2.75) is 46.2 Å². The molecule has 0 radical (unpaired) electrons. The van der Waals surface area contributed by atoms with Gasteiger partial charge < -0.3 is 10.2 Å². The quantitative estimate of drug-likeness (QED) is 0.798. The summed E-state index contributed by atoms with van der Waals surface area (Å²) >= 11 is 0. The average Bonchev–Trinajstić information content (AvgIpc) is 2.73. The topological polar surface area (TPSA) is 49.4 Å². The summed E-state index contributed by atoms with van der Waals surface area (Å²) in [6.07, 6.45) is 1.13. The number of hydrogen-bond donors (Lipinski definition) is 1. The molecule has 0 aromatic carbocycles. The molecular weight excluding hydrogens is 216 g/mol. The third-order valence-corrected chi connectivity index (χ3v) is 4.15. The molecule has 0 aromatic heterocycles. The van der Waals surface area contributed by atoms with Crippen molar-refractivity contribution in [2.24, 2.45) is 17.8 Å². The Morgan fingerprint density at radius 2 is 2.00 bits per heavy atom. The van der Waals surface area contributed by atoms with Crippen molar-refractivity contribution in [3.8, 4) is 0 Å². The van der Waals surface area contributed by atoms with E-state index < -0.39 is 0 Å². The molecule has 4 heteroatoms. The Morgan fingerprint density at radius 1 is 1.35 bits per heavy atom. The fraction of sp³-hybridized carbons (Fsp3) is 0.846. The molecule has 2 fully saturated rings. The molecule has 0 aromatic rings. The molecule has 17 heavy (non-hydrogen) atoms. The summed E-state index contributed by atoms with van der Waals surface area (Å²) in [5.74, 6) is 1.48. The third kappa shape index (κ3) is 2.17. The van der Waals surface area contributed by atoms with Gasteiger partial charge in [0.25, 0.3) is 0 Å². The summed E-state index contributed by atoms with van der Waals surface area (Å²) in [7, 11) is 0. The van der Waals surface area contributed by atoms with Crippen LogP contribution in [-0.4, -0.2) is 35.3 Å². The van der Waals surface area contributed by atoms with E-state index in [-0.39, 0.29) is 23.8 Å². The van der Waals surface area contributed by atoms with Crippen molar-refractivity contribution in [1.82, 2.24) is 10.2 Å². The highest BCUT2D eigenvalue weighted by Gasteiger charge is 2.56. The minimum Gasteiger partial charge on any atom is -0.344 e. The van der Waals surface area contributed by atoms with Crippen LogP contribution in [0.5, 0.6) is 0 Å². The van der Waals surface area contributed by atoms with Crippen LogP contribution in [0.3, 0.4) is 0 Å². The number of piperidine rings is 1. The van der Waals surface area contributed by atoms with Crippen molar-refractivity contribution in [3.63, 3.8) is 0 Å². The number of carbonyl (C=O) groups is 2. The summed E-state index contributed by atoms with van der Waals surface area (Å²) in [6, 6.07) is 0.0801. The first-order valence-electron chi connectivity index (χ1n) is 6.51. The van der Waals surface area contributed by atoms with E-state index in [0.717, 1.165) is 13.0 Å². The van der Waals surface area contributed by atoms with Crippen LogP contribution < -0.4 is 5.32 Å². The molecule has 2 rings (SSSR count). The highest BCUT2D eigenvalue weighted by atomic mass is 16.2. The van der Waals surface area contributed by atoms with Gasteiger partial charge in [0, 0.05) is 19.5 Å². The Balaban J connectivity index is 2.03. The summed E-state index contributed by atoms with van der Waals surface area (Å²) in [5, 5.41) is 2.78. The van der Waals surface area contributed by atoms with Crippen molar-refractivity contribution in [2.75, 3.05) is 6.54 Å². The maximum atomic E-state index is 12.4. The molecule has 1 aliphatic heterocycles. The smallest absolute Gasteiger partial charge is 0.245 e. The first-order valence-corrected chi connectivity index (χ1v) is 6.51. The Bertz CT molecular complexity index is 340. The van der Waals surface area contributed by atoms with Crippen molar-refractivity contribution in [1.29, 1.82) is 0 Å². The molecule has 2 aliphatic rings. The van der Waals surface area contributed by atoms with Crippen LogP contribution in [0.25, 0.3) is 0 Å². The number of likely N-dealkylation sites (tertiary alicyclic amines) is 1. The SMILES string of the molecule is CC(=O)NC(C(=O)N1CCC2C(C)C21)C(C)C. The second kappa shape index (κ2) is 4.31. The zero-order valence-electron chi connectivity index (χ0n) is 11.1. The molecule has 1 saturated heterocycles. The lowest BCUT2D eigenvalue weighted by atomic mass is 10.0. The second-order valence-corrected chi connectivity index (χ2v) is 5.76. The van der Waals surface area contributed by atoms with Crippen LogP contribution >= 0.6 is 0 Å². The summed E-state index contributed by atoms with van der Waals surface area (Å²) in [6.45, 7) is 8.48. The molecule has 4 nitrogen and oxygen atoms in total. The standard InChI is InChI=1S/C13H22N2O2/c1-7(2)11(14-9(4)16)13(17)15-6-5-10-8(3)12(10)15/h7-8,10-12H,5-6H2,1-4H3,(H,14,16). The van der Waals surface area contributed by atoms with E-state index in [1.807, 2.05) is 18.7 Å². The fourth-order valence-electron chi connectivity index (χ4n) is 3.08. The van der Waals surface area contributed by atoms with Gasteiger partial charge >= 0.3 is 0 Å². The van der Waals surface area contributed by atoms with Gasteiger partial charge in [-0.05, 0) is 24.2 Å². The molecule has 0 spiro atoms. The van der Waals surface area contributed by atoms with Gasteiger partial charge in [0.05, 0.1) is 0 Å². The van der Waals surface area contributed by atoms with E-state index in [2.05, 4.69) is 12.2 Å². The number of rotatable bonds is 3. The molecule has 2 amide bonds. The zero-order chi connectivity index (χ0) is 12.7. The Hall–Kier alpha value is -1.06. The van der Waals surface area contributed by atoms with Crippen molar-refractivity contribution in [3.05, 3.63) is 0 Å². The molecule has 96 valence electrons. The monoisotopic (exact) mass is 238 g/mol. The van der Waals surface area contributed by atoms with Gasteiger partial charge in [-0.3, -0.25) is 9.59 Å². The van der Waals surface area contributed by atoms with Crippen LogP contribution in [0.4, 0.5) is 0 Å². The molecule has 4 unspecified atom stereocenters. The van der Waals surface area contributed by atoms with E-state index in [1.165, 1.54) is 6.92 Å². The maximum absolute atomic E-state index is 12.4. The number of nitrogens with one attached hydrogen (secondary N) is 1. The highest BCUT2D eigenvalue weighted by molar-refractivity contribution is 5.87. The van der Waals surface area contributed by atoms with Crippen molar-refractivity contribution >= 4 is 11.8 Å². The molecule has 1 N–H and O–H groups in total. The van der Waals surface area contributed by atoms with E-state index in [9.17, 15) is 9.59 Å². The first-order chi connectivity index (χ1) is 7.93. The van der Waals surface area contributed by atoms with Gasteiger partial charge in [-0.1, -0.05) is 20.8 Å².